The maximum Gasteiger partial charge on any atom is 0.291 e. The molecule has 0 radical (unpaired) electrons. The van der Waals surface area contributed by atoms with Crippen LogP contribution in [0, 0.1) is 10.1 Å². The third-order valence-corrected chi connectivity index (χ3v) is 0.167. The molecule has 0 aromatic carbocycles. The van der Waals surface area contributed by atoms with E-state index in [2.05, 4.69) is 6.58 Å². The zero-order valence-electron chi connectivity index (χ0n) is 4.28. The zero-order valence-corrected chi connectivity index (χ0v) is 4.28. The van der Waals surface area contributed by atoms with E-state index in [9.17, 15) is 0 Å². The normalized spacial score (nSPS) is 6.12. The first-order valence-electron chi connectivity index (χ1n) is 1.79. The molecule has 0 amide bonds. The van der Waals surface area contributed by atoms with Gasteiger partial charge in [-0.25, -0.2) is 0 Å². The van der Waals surface area contributed by atoms with Gasteiger partial charge in [-0.05, 0) is 0 Å². The molecular weight excluding hydrogens is 112 g/mol. The molecule has 0 aromatic heterocycles. The Labute approximate surface area is 46.5 Å². The number of nitrogens with zero attached hydrogens (tertiary/aromatic N) is 1. The van der Waals surface area contributed by atoms with Gasteiger partial charge in [0.1, 0.15) is 0 Å². The lowest BCUT2D eigenvalue weighted by atomic mass is 10.7. The van der Waals surface area contributed by atoms with Crippen molar-refractivity contribution < 1.29 is 10.3 Å². The lowest BCUT2D eigenvalue weighted by Gasteiger charge is -1.61. The van der Waals surface area contributed by atoms with Crippen LogP contribution in [-0.2, 0) is 0 Å². The van der Waals surface area contributed by atoms with Crippen molar-refractivity contribution in [3.05, 3.63) is 22.8 Å². The van der Waals surface area contributed by atoms with Crippen LogP contribution in [0.3, 0.4) is 0 Å². The molecule has 0 aliphatic heterocycles. The van der Waals surface area contributed by atoms with Crippen LogP contribution in [0.2, 0.25) is 0 Å². The standard InChI is InChI=1S/C3H7N.HNO3/c1-2-3-4;2-1(3)4/h2H,1,3-4H2;(H,2,3,4). The fourth-order valence-electron chi connectivity index (χ4n) is 0. The molecule has 0 fully saturated rings. The van der Waals surface area contributed by atoms with E-state index in [0.717, 1.165) is 0 Å². The fourth-order valence-corrected chi connectivity index (χ4v) is 0. The van der Waals surface area contributed by atoms with Crippen molar-refractivity contribution in [2.45, 2.75) is 0 Å². The first-order chi connectivity index (χ1) is 3.65. The van der Waals surface area contributed by atoms with Gasteiger partial charge in [0.25, 0.3) is 5.09 Å². The van der Waals surface area contributed by atoms with E-state index in [4.69, 9.17) is 21.1 Å². The summed E-state index contributed by atoms with van der Waals surface area (Å²) in [6.07, 6.45) is 1.65. The predicted octanol–water partition coefficient (Wildman–Crippen LogP) is -0.217. The van der Waals surface area contributed by atoms with Crippen LogP contribution in [0.5, 0.6) is 0 Å². The molecule has 0 bridgehead atoms. The average molecular weight is 120 g/mol. The minimum absolute atomic E-state index is 0.583. The van der Waals surface area contributed by atoms with Crippen molar-refractivity contribution in [3.8, 4) is 0 Å². The molecular formula is C3H8N2O3. The lowest BCUT2D eigenvalue weighted by Crippen LogP contribution is -1.90. The van der Waals surface area contributed by atoms with E-state index < -0.39 is 5.09 Å². The summed E-state index contributed by atoms with van der Waals surface area (Å²) in [6, 6.07) is 0. The predicted molar refractivity (Wildman–Crippen MR) is 28.0 cm³/mol. The van der Waals surface area contributed by atoms with E-state index in [1.54, 1.807) is 6.08 Å². The smallest absolute Gasteiger partial charge is 0.291 e. The molecule has 0 rings (SSSR count). The van der Waals surface area contributed by atoms with Crippen LogP contribution >= 0.6 is 0 Å². The van der Waals surface area contributed by atoms with Crippen molar-refractivity contribution in [2.24, 2.45) is 5.73 Å². The van der Waals surface area contributed by atoms with Gasteiger partial charge in [-0.2, -0.15) is 0 Å². The van der Waals surface area contributed by atoms with Gasteiger partial charge < -0.3 is 10.9 Å². The van der Waals surface area contributed by atoms with E-state index >= 15 is 0 Å². The quantitative estimate of drug-likeness (QED) is 0.284. The topological polar surface area (TPSA) is 89.4 Å². The van der Waals surface area contributed by atoms with E-state index in [0.29, 0.717) is 6.54 Å². The van der Waals surface area contributed by atoms with Gasteiger partial charge >= 0.3 is 0 Å². The molecule has 0 aliphatic rings. The summed E-state index contributed by atoms with van der Waals surface area (Å²) in [5, 5.41) is 13.6. The Morgan fingerprint density at radius 3 is 2.12 bits per heavy atom. The average Bonchev–Trinajstić information content (AvgIpc) is 1.65. The van der Waals surface area contributed by atoms with Gasteiger partial charge in [0, 0.05) is 6.54 Å². The van der Waals surface area contributed by atoms with Crippen LogP contribution in [-0.4, -0.2) is 16.8 Å². The Kier molecular flexibility index (Phi) is 11.6. The van der Waals surface area contributed by atoms with Gasteiger partial charge in [-0.15, -0.1) is 16.7 Å². The number of nitrogens with two attached hydrogens (primary N) is 1. The van der Waals surface area contributed by atoms with Crippen LogP contribution in [0.4, 0.5) is 0 Å². The third kappa shape index (κ3) is 7450. The SMILES string of the molecule is C=CCN.O=[N+]([O-])O. The second kappa shape index (κ2) is 9.31. The Hall–Kier alpha value is -1.10. The van der Waals surface area contributed by atoms with Gasteiger partial charge in [0.2, 0.25) is 0 Å². The van der Waals surface area contributed by atoms with Crippen LogP contribution in [0.15, 0.2) is 12.7 Å². The molecule has 48 valence electrons. The molecule has 0 saturated heterocycles. The Morgan fingerprint density at radius 1 is 2.00 bits per heavy atom. The van der Waals surface area contributed by atoms with E-state index in [-0.39, 0.29) is 0 Å². The molecule has 0 unspecified atom stereocenters. The van der Waals surface area contributed by atoms with E-state index in [1.807, 2.05) is 0 Å². The van der Waals surface area contributed by atoms with Crippen LogP contribution in [0.25, 0.3) is 0 Å². The van der Waals surface area contributed by atoms with Gasteiger partial charge in [-0.1, -0.05) is 6.08 Å². The molecule has 5 heteroatoms. The first-order valence-corrected chi connectivity index (χ1v) is 1.79. The highest BCUT2D eigenvalue weighted by Gasteiger charge is 1.65. The summed E-state index contributed by atoms with van der Waals surface area (Å²) < 4.78 is 0. The second-order valence-electron chi connectivity index (χ2n) is 0.762. The minimum atomic E-state index is -1.50. The molecule has 8 heavy (non-hydrogen) atoms. The summed E-state index contributed by atoms with van der Waals surface area (Å²) in [6.45, 7) is 3.94. The maximum atomic E-state index is 8.36. The summed E-state index contributed by atoms with van der Waals surface area (Å²) >= 11 is 0. The Morgan fingerprint density at radius 2 is 2.12 bits per heavy atom. The fraction of sp³-hybridized carbons (Fsp3) is 0.333. The van der Waals surface area contributed by atoms with E-state index in [1.165, 1.54) is 0 Å². The number of rotatable bonds is 1. The maximum absolute atomic E-state index is 8.36. The summed E-state index contributed by atoms with van der Waals surface area (Å²) in [4.78, 5) is 8.36. The van der Waals surface area contributed by atoms with Crippen molar-refractivity contribution in [1.82, 2.24) is 0 Å². The molecule has 0 spiro atoms. The molecule has 0 heterocycles. The first kappa shape index (κ1) is 10.0. The summed E-state index contributed by atoms with van der Waals surface area (Å²) in [5.74, 6) is 0. The third-order valence-electron chi connectivity index (χ3n) is 0.167. The van der Waals surface area contributed by atoms with Gasteiger partial charge in [0.05, 0.1) is 0 Å². The Bertz CT molecular complexity index is 68.9. The molecule has 0 aromatic rings. The summed E-state index contributed by atoms with van der Waals surface area (Å²) in [7, 11) is 0. The van der Waals surface area contributed by atoms with Crippen molar-refractivity contribution in [2.75, 3.05) is 6.54 Å². The minimum Gasteiger partial charge on any atom is -0.328 e. The highest BCUT2D eigenvalue weighted by Crippen LogP contribution is 1.40. The van der Waals surface area contributed by atoms with Crippen molar-refractivity contribution >= 4 is 0 Å². The second-order valence-corrected chi connectivity index (χ2v) is 0.762. The molecule has 0 atom stereocenters. The monoisotopic (exact) mass is 120 g/mol. The molecule has 3 N–H and O–H groups in total. The number of hydrogen-bond acceptors (Lipinski definition) is 3. The van der Waals surface area contributed by atoms with Crippen molar-refractivity contribution in [1.29, 1.82) is 0 Å². The highest BCUT2D eigenvalue weighted by molar-refractivity contribution is 4.64. The zero-order chi connectivity index (χ0) is 6.99. The Balaban J connectivity index is 0. The molecule has 0 aliphatic carbocycles. The van der Waals surface area contributed by atoms with Crippen LogP contribution < -0.4 is 5.73 Å². The van der Waals surface area contributed by atoms with Gasteiger partial charge in [-0.3, -0.25) is 0 Å². The molecule has 5 nitrogen and oxygen atoms in total. The van der Waals surface area contributed by atoms with Crippen molar-refractivity contribution in [3.63, 3.8) is 0 Å². The summed E-state index contributed by atoms with van der Waals surface area (Å²) in [5.41, 5.74) is 4.91. The van der Waals surface area contributed by atoms with Gasteiger partial charge in [0.15, 0.2) is 0 Å². The number of hydrogen-bond donors (Lipinski definition) is 2. The highest BCUT2D eigenvalue weighted by atomic mass is 16.9. The largest absolute Gasteiger partial charge is 0.328 e. The molecule has 0 saturated carbocycles. The van der Waals surface area contributed by atoms with Crippen LogP contribution in [0.1, 0.15) is 0 Å². The lowest BCUT2D eigenvalue weighted by molar-refractivity contribution is -0.742.